The molecule has 1 unspecified atom stereocenters. The number of aliphatic carboxylic acids is 1. The number of hydrogen-bond donors (Lipinski definition) is 2. The van der Waals surface area contributed by atoms with Crippen LogP contribution in [0.1, 0.15) is 32.1 Å². The molecule has 0 amide bonds. The summed E-state index contributed by atoms with van der Waals surface area (Å²) in [5, 5.41) is 18.0. The SMILES string of the molecule is O=C(O)C1(CO)CC12CCCC2. The second-order valence-corrected chi connectivity index (χ2v) is 4.21. The third kappa shape index (κ3) is 0.724. The van der Waals surface area contributed by atoms with Crippen molar-refractivity contribution in [3.63, 3.8) is 0 Å². The minimum atomic E-state index is -0.799. The van der Waals surface area contributed by atoms with E-state index < -0.39 is 11.4 Å². The molecule has 2 aliphatic carbocycles. The van der Waals surface area contributed by atoms with Crippen molar-refractivity contribution in [3.8, 4) is 0 Å². The fourth-order valence-corrected chi connectivity index (χ4v) is 2.83. The van der Waals surface area contributed by atoms with Gasteiger partial charge in [0.2, 0.25) is 0 Å². The summed E-state index contributed by atoms with van der Waals surface area (Å²) < 4.78 is 0. The largest absolute Gasteiger partial charge is 0.481 e. The van der Waals surface area contributed by atoms with Crippen molar-refractivity contribution in [1.29, 1.82) is 0 Å². The Kier molecular flexibility index (Phi) is 1.49. The summed E-state index contributed by atoms with van der Waals surface area (Å²) in [6.07, 6.45) is 4.97. The van der Waals surface area contributed by atoms with E-state index in [9.17, 15) is 4.79 Å². The van der Waals surface area contributed by atoms with E-state index in [-0.39, 0.29) is 12.0 Å². The molecule has 0 radical (unpaired) electrons. The van der Waals surface area contributed by atoms with Crippen LogP contribution in [-0.4, -0.2) is 22.8 Å². The lowest BCUT2D eigenvalue weighted by Gasteiger charge is -2.14. The van der Waals surface area contributed by atoms with Crippen LogP contribution in [-0.2, 0) is 4.79 Å². The van der Waals surface area contributed by atoms with E-state index >= 15 is 0 Å². The predicted molar refractivity (Wildman–Crippen MR) is 42.7 cm³/mol. The Balaban J connectivity index is 2.20. The Morgan fingerprint density at radius 2 is 1.92 bits per heavy atom. The molecule has 3 nitrogen and oxygen atoms in total. The molecule has 2 aliphatic rings. The maximum atomic E-state index is 10.9. The third-order valence-corrected chi connectivity index (χ3v) is 3.77. The minimum Gasteiger partial charge on any atom is -0.481 e. The number of carboxylic acids is 1. The van der Waals surface area contributed by atoms with Crippen LogP contribution in [0, 0.1) is 10.8 Å². The van der Waals surface area contributed by atoms with E-state index in [1.54, 1.807) is 0 Å². The average molecular weight is 170 g/mol. The monoisotopic (exact) mass is 170 g/mol. The second kappa shape index (κ2) is 2.22. The highest BCUT2D eigenvalue weighted by Gasteiger charge is 2.71. The summed E-state index contributed by atoms with van der Waals surface area (Å²) in [4.78, 5) is 10.9. The van der Waals surface area contributed by atoms with Crippen molar-refractivity contribution in [2.75, 3.05) is 6.61 Å². The van der Waals surface area contributed by atoms with E-state index in [1.165, 1.54) is 0 Å². The topological polar surface area (TPSA) is 57.5 Å². The van der Waals surface area contributed by atoms with Crippen LogP contribution in [0.25, 0.3) is 0 Å². The highest BCUT2D eigenvalue weighted by atomic mass is 16.4. The lowest BCUT2D eigenvalue weighted by Crippen LogP contribution is -2.26. The van der Waals surface area contributed by atoms with Crippen molar-refractivity contribution in [2.45, 2.75) is 32.1 Å². The van der Waals surface area contributed by atoms with Crippen molar-refractivity contribution in [3.05, 3.63) is 0 Å². The molecule has 0 aromatic rings. The van der Waals surface area contributed by atoms with Gasteiger partial charge in [-0.05, 0) is 24.7 Å². The van der Waals surface area contributed by atoms with Crippen molar-refractivity contribution in [2.24, 2.45) is 10.8 Å². The number of aliphatic hydroxyl groups is 1. The van der Waals surface area contributed by atoms with Crippen molar-refractivity contribution >= 4 is 5.97 Å². The summed E-state index contributed by atoms with van der Waals surface area (Å²) in [6, 6.07) is 0. The molecule has 1 atom stereocenters. The fourth-order valence-electron chi connectivity index (χ4n) is 2.83. The summed E-state index contributed by atoms with van der Waals surface area (Å²) in [5.74, 6) is -0.799. The second-order valence-electron chi connectivity index (χ2n) is 4.21. The Hall–Kier alpha value is -0.570. The van der Waals surface area contributed by atoms with E-state index in [0.29, 0.717) is 6.42 Å². The molecule has 2 fully saturated rings. The summed E-state index contributed by atoms with van der Waals surface area (Å²) in [5.41, 5.74) is -0.781. The lowest BCUT2D eigenvalue weighted by atomic mass is 9.92. The zero-order valence-corrected chi connectivity index (χ0v) is 7.05. The zero-order valence-electron chi connectivity index (χ0n) is 7.05. The van der Waals surface area contributed by atoms with Gasteiger partial charge >= 0.3 is 5.97 Å². The number of carbonyl (C=O) groups is 1. The smallest absolute Gasteiger partial charge is 0.312 e. The molecule has 0 aromatic carbocycles. The van der Waals surface area contributed by atoms with E-state index in [0.717, 1.165) is 25.7 Å². The van der Waals surface area contributed by atoms with Crippen molar-refractivity contribution in [1.82, 2.24) is 0 Å². The molecule has 2 rings (SSSR count). The molecule has 0 saturated heterocycles. The fraction of sp³-hybridized carbons (Fsp3) is 0.889. The van der Waals surface area contributed by atoms with Gasteiger partial charge in [0, 0.05) is 0 Å². The zero-order chi connectivity index (χ0) is 8.82. The molecule has 0 bridgehead atoms. The first kappa shape index (κ1) is 8.05. The van der Waals surface area contributed by atoms with Gasteiger partial charge in [0.25, 0.3) is 0 Å². The molecule has 2 saturated carbocycles. The molecule has 1 spiro atoms. The maximum absolute atomic E-state index is 10.9. The third-order valence-electron chi connectivity index (χ3n) is 3.77. The number of carboxylic acid groups (broad SMARTS) is 1. The Morgan fingerprint density at radius 3 is 2.25 bits per heavy atom. The quantitative estimate of drug-likeness (QED) is 0.650. The number of rotatable bonds is 2. The van der Waals surface area contributed by atoms with Crippen LogP contribution in [0.2, 0.25) is 0 Å². The first-order valence-corrected chi connectivity index (χ1v) is 4.51. The summed E-state index contributed by atoms with van der Waals surface area (Å²) >= 11 is 0. The molecule has 2 N–H and O–H groups in total. The molecular weight excluding hydrogens is 156 g/mol. The van der Waals surface area contributed by atoms with Gasteiger partial charge in [-0.25, -0.2) is 0 Å². The summed E-state index contributed by atoms with van der Waals surface area (Å²) in [6.45, 7) is -0.178. The Morgan fingerprint density at radius 1 is 1.33 bits per heavy atom. The van der Waals surface area contributed by atoms with E-state index in [4.69, 9.17) is 10.2 Å². The molecule has 0 aromatic heterocycles. The van der Waals surface area contributed by atoms with Gasteiger partial charge in [-0.1, -0.05) is 12.8 Å². The van der Waals surface area contributed by atoms with Gasteiger partial charge in [-0.15, -0.1) is 0 Å². The van der Waals surface area contributed by atoms with Crippen LogP contribution in [0.4, 0.5) is 0 Å². The van der Waals surface area contributed by atoms with Crippen LogP contribution in [0.15, 0.2) is 0 Å². The lowest BCUT2D eigenvalue weighted by molar-refractivity contribution is -0.146. The number of aliphatic hydroxyl groups excluding tert-OH is 1. The molecule has 12 heavy (non-hydrogen) atoms. The van der Waals surface area contributed by atoms with Crippen LogP contribution in [0.3, 0.4) is 0 Å². The normalized spacial score (nSPS) is 37.1. The van der Waals surface area contributed by atoms with Gasteiger partial charge in [-0.3, -0.25) is 4.79 Å². The summed E-state index contributed by atoms with van der Waals surface area (Å²) in [7, 11) is 0. The van der Waals surface area contributed by atoms with Gasteiger partial charge in [0.05, 0.1) is 12.0 Å². The molecule has 0 aliphatic heterocycles. The maximum Gasteiger partial charge on any atom is 0.312 e. The Labute approximate surface area is 71.4 Å². The molecule has 0 heterocycles. The van der Waals surface area contributed by atoms with Crippen molar-refractivity contribution < 1.29 is 15.0 Å². The van der Waals surface area contributed by atoms with Gasteiger partial charge < -0.3 is 10.2 Å². The van der Waals surface area contributed by atoms with Crippen LogP contribution >= 0.6 is 0 Å². The first-order valence-electron chi connectivity index (χ1n) is 4.51. The van der Waals surface area contributed by atoms with Gasteiger partial charge in [0.1, 0.15) is 0 Å². The standard InChI is InChI=1S/C9H14O3/c10-6-9(7(11)12)5-8(9)3-1-2-4-8/h10H,1-6H2,(H,11,12). The number of hydrogen-bond acceptors (Lipinski definition) is 2. The highest BCUT2D eigenvalue weighted by Crippen LogP contribution is 2.71. The van der Waals surface area contributed by atoms with Gasteiger partial charge in [-0.2, -0.15) is 0 Å². The molecule has 3 heteroatoms. The first-order chi connectivity index (χ1) is 5.67. The molecule has 68 valence electrons. The average Bonchev–Trinajstić information content (AvgIpc) is 2.40. The van der Waals surface area contributed by atoms with E-state index in [1.807, 2.05) is 0 Å². The highest BCUT2D eigenvalue weighted by molar-refractivity contribution is 5.80. The predicted octanol–water partition coefficient (Wildman–Crippen LogP) is 1.01. The van der Waals surface area contributed by atoms with Crippen LogP contribution in [0.5, 0.6) is 0 Å². The Bertz CT molecular complexity index is 218. The minimum absolute atomic E-state index is 0.0203. The molecular formula is C9H14O3. The van der Waals surface area contributed by atoms with Gasteiger partial charge in [0.15, 0.2) is 0 Å². The van der Waals surface area contributed by atoms with Crippen LogP contribution < -0.4 is 0 Å². The van der Waals surface area contributed by atoms with E-state index in [2.05, 4.69) is 0 Å².